The van der Waals surface area contributed by atoms with Gasteiger partial charge in [-0.3, -0.25) is 14.6 Å². The lowest BCUT2D eigenvalue weighted by Crippen LogP contribution is -2.28. The molecule has 0 aliphatic carbocycles. The normalized spacial score (nSPS) is 14.6. The van der Waals surface area contributed by atoms with Gasteiger partial charge in [0.1, 0.15) is 0 Å². The number of hydrogen-bond acceptors (Lipinski definition) is 4. The van der Waals surface area contributed by atoms with E-state index in [0.29, 0.717) is 6.54 Å². The highest BCUT2D eigenvalue weighted by atomic mass is 19.4. The van der Waals surface area contributed by atoms with Crippen molar-refractivity contribution in [3.05, 3.63) is 34.4 Å². The number of nitrogens with one attached hydrogen (secondary N) is 3. The van der Waals surface area contributed by atoms with Gasteiger partial charge >= 0.3 is 6.18 Å². The van der Waals surface area contributed by atoms with Gasteiger partial charge in [0.15, 0.2) is 11.4 Å². The minimum absolute atomic E-state index is 0.0871. The Morgan fingerprint density at radius 1 is 1.48 bits per heavy atom. The summed E-state index contributed by atoms with van der Waals surface area (Å²) in [5.74, 6) is -0.511. The van der Waals surface area contributed by atoms with E-state index in [9.17, 15) is 18.0 Å². The Bertz CT molecular complexity index is 733. The molecule has 0 bridgehead atoms. The lowest BCUT2D eigenvalue weighted by molar-refractivity contribution is -0.142. The van der Waals surface area contributed by atoms with Crippen LogP contribution in [-0.4, -0.2) is 32.4 Å². The molecule has 0 radical (unpaired) electrons. The fourth-order valence-corrected chi connectivity index (χ4v) is 2.58. The highest BCUT2D eigenvalue weighted by Crippen LogP contribution is 2.30. The first-order valence-corrected chi connectivity index (χ1v) is 7.01. The SMILES string of the molecule is Cn1cc(CNC(=O)c2n[nH]c3c2CNCC3)c(C(F)(F)F)n1. The van der Waals surface area contributed by atoms with Crippen LogP contribution in [0, 0.1) is 0 Å². The minimum atomic E-state index is -4.56. The second-order valence-corrected chi connectivity index (χ2v) is 5.31. The molecule has 0 fully saturated rings. The summed E-state index contributed by atoms with van der Waals surface area (Å²) < 4.78 is 39.7. The van der Waals surface area contributed by atoms with E-state index in [-0.39, 0.29) is 17.8 Å². The summed E-state index contributed by atoms with van der Waals surface area (Å²) >= 11 is 0. The third-order valence-corrected chi connectivity index (χ3v) is 3.63. The van der Waals surface area contributed by atoms with Crippen molar-refractivity contribution in [3.63, 3.8) is 0 Å². The maximum Gasteiger partial charge on any atom is 0.435 e. The highest BCUT2D eigenvalue weighted by Gasteiger charge is 2.37. The summed E-state index contributed by atoms with van der Waals surface area (Å²) in [5, 5.41) is 15.8. The maximum atomic E-state index is 12.9. The van der Waals surface area contributed by atoms with Crippen LogP contribution in [0.15, 0.2) is 6.20 Å². The number of aromatic nitrogens is 4. The summed E-state index contributed by atoms with van der Waals surface area (Å²) in [4.78, 5) is 12.2. The molecule has 1 amide bonds. The number of H-pyrrole nitrogens is 1. The standard InChI is InChI=1S/C13H15F3N6O/c1-22-6-7(11(21-22)13(14,15)16)4-18-12(23)10-8-5-17-3-2-9(8)19-20-10/h6,17H,2-5H2,1H3,(H,18,23)(H,19,20). The molecule has 3 heterocycles. The summed E-state index contributed by atoms with van der Waals surface area (Å²) in [7, 11) is 1.40. The van der Waals surface area contributed by atoms with Gasteiger partial charge < -0.3 is 10.6 Å². The van der Waals surface area contributed by atoms with Crippen LogP contribution in [0.4, 0.5) is 13.2 Å². The third-order valence-electron chi connectivity index (χ3n) is 3.63. The molecular formula is C13H15F3N6O. The quantitative estimate of drug-likeness (QED) is 0.775. The van der Waals surface area contributed by atoms with Crippen molar-refractivity contribution < 1.29 is 18.0 Å². The molecule has 2 aromatic heterocycles. The number of nitrogens with zero attached hydrogens (tertiary/aromatic N) is 3. The summed E-state index contributed by atoms with van der Waals surface area (Å²) in [6.45, 7) is 1.03. The van der Waals surface area contributed by atoms with Crippen LogP contribution in [-0.2, 0) is 32.7 Å². The van der Waals surface area contributed by atoms with E-state index in [1.807, 2.05) is 0 Å². The van der Waals surface area contributed by atoms with Gasteiger partial charge in [-0.2, -0.15) is 23.4 Å². The molecule has 1 aliphatic heterocycles. The topological polar surface area (TPSA) is 87.6 Å². The number of alkyl halides is 3. The smallest absolute Gasteiger partial charge is 0.346 e. The molecule has 0 saturated carbocycles. The average Bonchev–Trinajstić information content (AvgIpc) is 3.07. The van der Waals surface area contributed by atoms with E-state index < -0.39 is 17.8 Å². The Labute approximate surface area is 129 Å². The largest absolute Gasteiger partial charge is 0.435 e. The van der Waals surface area contributed by atoms with E-state index in [4.69, 9.17) is 0 Å². The predicted molar refractivity (Wildman–Crippen MR) is 73.4 cm³/mol. The molecule has 0 aromatic carbocycles. The van der Waals surface area contributed by atoms with Crippen LogP contribution in [0.2, 0.25) is 0 Å². The van der Waals surface area contributed by atoms with Crippen molar-refractivity contribution in [3.8, 4) is 0 Å². The highest BCUT2D eigenvalue weighted by molar-refractivity contribution is 5.94. The number of rotatable bonds is 3. The van der Waals surface area contributed by atoms with Gasteiger partial charge in [0, 0.05) is 56.1 Å². The van der Waals surface area contributed by atoms with Gasteiger partial charge in [-0.05, 0) is 0 Å². The fraction of sp³-hybridized carbons (Fsp3) is 0.462. The van der Waals surface area contributed by atoms with Gasteiger partial charge in [0.25, 0.3) is 5.91 Å². The second kappa shape index (κ2) is 5.69. The maximum absolute atomic E-state index is 12.9. The van der Waals surface area contributed by atoms with E-state index in [0.717, 1.165) is 28.9 Å². The second-order valence-electron chi connectivity index (χ2n) is 5.31. The molecule has 23 heavy (non-hydrogen) atoms. The molecule has 7 nitrogen and oxygen atoms in total. The summed E-state index contributed by atoms with van der Waals surface area (Å²) in [6.07, 6.45) is -2.59. The van der Waals surface area contributed by atoms with Crippen LogP contribution in [0.5, 0.6) is 0 Å². The fourth-order valence-electron chi connectivity index (χ4n) is 2.58. The number of amides is 1. The Morgan fingerprint density at radius 2 is 2.26 bits per heavy atom. The molecule has 0 saturated heterocycles. The van der Waals surface area contributed by atoms with Crippen LogP contribution in [0.3, 0.4) is 0 Å². The number of carbonyl (C=O) groups is 1. The van der Waals surface area contributed by atoms with E-state index in [1.54, 1.807) is 0 Å². The lowest BCUT2D eigenvalue weighted by Gasteiger charge is -2.13. The first-order valence-electron chi connectivity index (χ1n) is 7.01. The molecule has 3 N–H and O–H groups in total. The molecule has 1 aliphatic rings. The van der Waals surface area contributed by atoms with Crippen molar-refractivity contribution in [2.45, 2.75) is 25.7 Å². The van der Waals surface area contributed by atoms with Crippen LogP contribution in [0.1, 0.15) is 33.0 Å². The Hall–Kier alpha value is -2.36. The minimum Gasteiger partial charge on any atom is -0.346 e. The zero-order valence-electron chi connectivity index (χ0n) is 12.3. The zero-order valence-corrected chi connectivity index (χ0v) is 12.3. The predicted octanol–water partition coefficient (Wildman–Crippen LogP) is 0.738. The molecule has 124 valence electrons. The average molecular weight is 328 g/mol. The summed E-state index contributed by atoms with van der Waals surface area (Å²) in [5.41, 5.74) is 0.772. The van der Waals surface area contributed by atoms with Crippen LogP contribution >= 0.6 is 0 Å². The third kappa shape index (κ3) is 3.07. The van der Waals surface area contributed by atoms with Crippen LogP contribution in [0.25, 0.3) is 0 Å². The number of fused-ring (bicyclic) bond motifs is 1. The number of carbonyl (C=O) groups excluding carboxylic acids is 1. The van der Waals surface area contributed by atoms with Crippen molar-refractivity contribution in [1.29, 1.82) is 0 Å². The van der Waals surface area contributed by atoms with Gasteiger partial charge in [-0.25, -0.2) is 0 Å². The van der Waals surface area contributed by atoms with Gasteiger partial charge in [0.05, 0.1) is 0 Å². The van der Waals surface area contributed by atoms with Gasteiger partial charge in [0.2, 0.25) is 0 Å². The molecule has 0 unspecified atom stereocenters. The Kier molecular flexibility index (Phi) is 3.84. The van der Waals surface area contributed by atoms with E-state index in [2.05, 4.69) is 25.9 Å². The van der Waals surface area contributed by atoms with Crippen LogP contribution < -0.4 is 10.6 Å². The molecule has 2 aromatic rings. The summed E-state index contributed by atoms with van der Waals surface area (Å²) in [6, 6.07) is 0. The number of halogens is 3. The Balaban J connectivity index is 1.74. The van der Waals surface area contributed by atoms with E-state index in [1.165, 1.54) is 13.2 Å². The first-order chi connectivity index (χ1) is 10.9. The van der Waals surface area contributed by atoms with Crippen molar-refractivity contribution in [1.82, 2.24) is 30.6 Å². The zero-order chi connectivity index (χ0) is 16.6. The number of hydrogen-bond donors (Lipinski definition) is 3. The first kappa shape index (κ1) is 15.5. The number of aryl methyl sites for hydroxylation is 1. The molecule has 0 atom stereocenters. The molecule has 10 heteroatoms. The number of aromatic amines is 1. The Morgan fingerprint density at radius 3 is 3.00 bits per heavy atom. The lowest BCUT2D eigenvalue weighted by atomic mass is 10.1. The monoisotopic (exact) mass is 328 g/mol. The van der Waals surface area contributed by atoms with Gasteiger partial charge in [-0.1, -0.05) is 0 Å². The molecule has 0 spiro atoms. The van der Waals surface area contributed by atoms with Crippen molar-refractivity contribution in [2.75, 3.05) is 6.54 Å². The van der Waals surface area contributed by atoms with Gasteiger partial charge in [-0.15, -0.1) is 0 Å². The molecule has 3 rings (SSSR count). The van der Waals surface area contributed by atoms with Crippen molar-refractivity contribution in [2.24, 2.45) is 7.05 Å². The molecular weight excluding hydrogens is 313 g/mol. The van der Waals surface area contributed by atoms with Crippen molar-refractivity contribution >= 4 is 5.91 Å². The van der Waals surface area contributed by atoms with E-state index >= 15 is 0 Å².